The van der Waals surface area contributed by atoms with Crippen molar-refractivity contribution in [1.82, 2.24) is 7.94 Å². The Kier molecular flexibility index (Phi) is 7.84. The summed E-state index contributed by atoms with van der Waals surface area (Å²) in [7, 11) is 0. The number of alkyl halides is 6. The Morgan fingerprint density at radius 2 is 1.29 bits per heavy atom. The van der Waals surface area contributed by atoms with Gasteiger partial charge < -0.3 is 0 Å². The zero-order valence-corrected chi connectivity index (χ0v) is 17.6. The summed E-state index contributed by atoms with van der Waals surface area (Å²) in [6, 6.07) is 6.56. The average Bonchev–Trinajstić information content (AvgIpc) is 2.54. The van der Waals surface area contributed by atoms with E-state index in [1.165, 1.54) is 3.97 Å². The van der Waals surface area contributed by atoms with Gasteiger partial charge in [-0.15, -0.1) is 69.6 Å². The summed E-state index contributed by atoms with van der Waals surface area (Å²) in [4.78, 5) is 23.4. The van der Waals surface area contributed by atoms with Crippen LogP contribution in [0.4, 0.5) is 0 Å². The van der Waals surface area contributed by atoms with Gasteiger partial charge in [0.15, 0.2) is 0 Å². The summed E-state index contributed by atoms with van der Waals surface area (Å²) in [5.74, 6) is 0. The van der Waals surface area contributed by atoms with Crippen LogP contribution in [0.5, 0.6) is 0 Å². The van der Waals surface area contributed by atoms with Crippen molar-refractivity contribution in [3.63, 3.8) is 0 Å². The average molecular weight is 489 g/mol. The highest BCUT2D eigenvalue weighted by molar-refractivity contribution is 8.00. The first-order chi connectivity index (χ1) is 11.2. The molecule has 2 atom stereocenters. The molecule has 2 unspecified atom stereocenters. The molecular weight excluding hydrogens is 481 g/mol. The molecule has 0 N–H and O–H groups in total. The van der Waals surface area contributed by atoms with E-state index in [0.29, 0.717) is 10.9 Å². The van der Waals surface area contributed by atoms with Gasteiger partial charge in [0.2, 0.25) is 0 Å². The van der Waals surface area contributed by atoms with E-state index in [-0.39, 0.29) is 0 Å². The van der Waals surface area contributed by atoms with E-state index < -0.39 is 30.3 Å². The zero-order valence-electron chi connectivity index (χ0n) is 11.4. The van der Waals surface area contributed by atoms with Crippen molar-refractivity contribution in [2.24, 2.45) is 0 Å². The Balaban J connectivity index is 2.67. The van der Waals surface area contributed by atoms with Crippen LogP contribution < -0.4 is 11.2 Å². The molecule has 0 bridgehead atoms. The van der Waals surface area contributed by atoms with Crippen LogP contribution in [0.2, 0.25) is 0 Å². The standard InChI is InChI=1S/C12H8Cl6N2O2S2/c13-7(14)9(17)23-19-6-4-2-1-3-5(6)11(21)20(12(19)22)24-10(18)8(15)16/h1-4,7-10H. The number of hydrogen-bond donors (Lipinski definition) is 0. The van der Waals surface area contributed by atoms with Crippen LogP contribution in [0.3, 0.4) is 0 Å². The monoisotopic (exact) mass is 486 g/mol. The van der Waals surface area contributed by atoms with Gasteiger partial charge in [0, 0.05) is 0 Å². The smallest absolute Gasteiger partial charge is 0.267 e. The van der Waals surface area contributed by atoms with Crippen molar-refractivity contribution < 1.29 is 0 Å². The Bertz CT molecular complexity index is 840. The second-order valence-corrected chi connectivity index (χ2v) is 10.2. The molecule has 0 saturated heterocycles. The summed E-state index contributed by atoms with van der Waals surface area (Å²) in [6.45, 7) is 0. The molecule has 1 aromatic heterocycles. The van der Waals surface area contributed by atoms with Gasteiger partial charge in [0.1, 0.15) is 19.1 Å². The van der Waals surface area contributed by atoms with Crippen LogP contribution in [0.25, 0.3) is 10.9 Å². The second kappa shape index (κ2) is 9.00. The molecule has 0 amide bonds. The highest BCUT2D eigenvalue weighted by atomic mass is 35.5. The molecule has 1 heterocycles. The summed E-state index contributed by atoms with van der Waals surface area (Å²) < 4.78 is 0.399. The third-order valence-electron chi connectivity index (χ3n) is 2.69. The number of para-hydroxylation sites is 1. The zero-order chi connectivity index (χ0) is 18.0. The molecule has 0 saturated carbocycles. The third-order valence-corrected chi connectivity index (χ3v) is 7.84. The molecule has 1 aromatic carbocycles. The minimum atomic E-state index is -0.980. The number of benzene rings is 1. The van der Waals surface area contributed by atoms with Crippen molar-refractivity contribution in [3.05, 3.63) is 45.1 Å². The molecule has 0 radical (unpaired) electrons. The van der Waals surface area contributed by atoms with Crippen molar-refractivity contribution >= 4 is 104 Å². The van der Waals surface area contributed by atoms with E-state index in [4.69, 9.17) is 69.6 Å². The lowest BCUT2D eigenvalue weighted by Gasteiger charge is -2.17. The number of halogens is 6. The topological polar surface area (TPSA) is 44.0 Å². The molecular formula is C12H8Cl6N2O2S2. The molecule has 132 valence electrons. The number of aromatic nitrogens is 2. The van der Waals surface area contributed by atoms with Gasteiger partial charge in [-0.25, -0.2) is 8.77 Å². The van der Waals surface area contributed by atoms with Crippen molar-refractivity contribution in [2.45, 2.75) is 19.1 Å². The number of hydrogen-bond acceptors (Lipinski definition) is 4. The van der Waals surface area contributed by atoms with Crippen molar-refractivity contribution in [2.75, 3.05) is 0 Å². The van der Waals surface area contributed by atoms with Gasteiger partial charge >= 0.3 is 5.69 Å². The number of rotatable bonds is 6. The molecule has 0 aliphatic carbocycles. The lowest BCUT2D eigenvalue weighted by Crippen LogP contribution is -2.37. The molecule has 0 aliphatic rings. The SMILES string of the molecule is O=c1c2ccccc2n(SC(Cl)C(Cl)Cl)c(=O)n1SC(Cl)C(Cl)Cl. The van der Waals surface area contributed by atoms with Gasteiger partial charge in [-0.1, -0.05) is 12.1 Å². The Morgan fingerprint density at radius 1 is 0.792 bits per heavy atom. The van der Waals surface area contributed by atoms with Gasteiger partial charge in [-0.2, -0.15) is 3.97 Å². The summed E-state index contributed by atoms with van der Waals surface area (Å²) in [5.41, 5.74) is -0.808. The maximum absolute atomic E-state index is 12.7. The second-order valence-electron chi connectivity index (χ2n) is 4.28. The third kappa shape index (κ3) is 4.65. The van der Waals surface area contributed by atoms with E-state index in [1.54, 1.807) is 24.3 Å². The molecule has 4 nitrogen and oxygen atoms in total. The van der Waals surface area contributed by atoms with E-state index in [1.807, 2.05) is 0 Å². The number of nitrogens with zero attached hydrogens (tertiary/aromatic N) is 2. The van der Waals surface area contributed by atoms with E-state index in [0.717, 1.165) is 27.9 Å². The van der Waals surface area contributed by atoms with E-state index in [2.05, 4.69) is 0 Å². The summed E-state index contributed by atoms with van der Waals surface area (Å²) in [5, 5.41) is 0.297. The lowest BCUT2D eigenvalue weighted by molar-refractivity contribution is 0.973. The number of fused-ring (bicyclic) bond motifs is 1. The molecule has 2 aromatic rings. The molecule has 2 rings (SSSR count). The van der Waals surface area contributed by atoms with E-state index in [9.17, 15) is 9.59 Å². The Hall–Kier alpha value is 0.600. The Labute approximate surface area is 175 Å². The van der Waals surface area contributed by atoms with Crippen LogP contribution in [0, 0.1) is 0 Å². The van der Waals surface area contributed by atoms with Crippen LogP contribution in [0.1, 0.15) is 0 Å². The maximum Gasteiger partial charge on any atom is 0.352 e. The fourth-order valence-electron chi connectivity index (χ4n) is 1.70. The molecule has 12 heteroatoms. The van der Waals surface area contributed by atoms with Gasteiger partial charge in [-0.05, 0) is 36.0 Å². The van der Waals surface area contributed by atoms with Crippen LogP contribution in [0.15, 0.2) is 33.9 Å². The molecule has 0 spiro atoms. The fourth-order valence-corrected chi connectivity index (χ4v) is 4.18. The summed E-state index contributed by atoms with van der Waals surface area (Å²) in [6.07, 6.45) is 0. The van der Waals surface area contributed by atoms with E-state index >= 15 is 0 Å². The fraction of sp³-hybridized carbons (Fsp3) is 0.333. The minimum Gasteiger partial charge on any atom is -0.267 e. The van der Waals surface area contributed by atoms with Crippen LogP contribution in [-0.4, -0.2) is 27.0 Å². The first kappa shape index (κ1) is 20.9. The normalized spacial score (nSPS) is 14.5. The van der Waals surface area contributed by atoms with Gasteiger partial charge in [0.25, 0.3) is 5.56 Å². The highest BCUT2D eigenvalue weighted by Crippen LogP contribution is 2.29. The highest BCUT2D eigenvalue weighted by Gasteiger charge is 2.23. The predicted octanol–water partition coefficient (Wildman–Crippen LogP) is 4.89. The lowest BCUT2D eigenvalue weighted by atomic mass is 10.2. The van der Waals surface area contributed by atoms with Gasteiger partial charge in [-0.3, -0.25) is 4.79 Å². The van der Waals surface area contributed by atoms with Crippen LogP contribution >= 0.6 is 93.5 Å². The minimum absolute atomic E-state index is 0.297. The predicted molar refractivity (Wildman–Crippen MR) is 109 cm³/mol. The van der Waals surface area contributed by atoms with Crippen molar-refractivity contribution in [1.29, 1.82) is 0 Å². The maximum atomic E-state index is 12.7. The quantitative estimate of drug-likeness (QED) is 0.543. The largest absolute Gasteiger partial charge is 0.352 e. The van der Waals surface area contributed by atoms with Gasteiger partial charge in [0.05, 0.1) is 10.9 Å². The molecule has 24 heavy (non-hydrogen) atoms. The summed E-state index contributed by atoms with van der Waals surface area (Å²) >= 11 is 36.5. The van der Waals surface area contributed by atoms with Crippen molar-refractivity contribution in [3.8, 4) is 0 Å². The molecule has 0 aliphatic heterocycles. The molecule has 0 fully saturated rings. The Morgan fingerprint density at radius 3 is 1.83 bits per heavy atom. The first-order valence-corrected chi connectivity index (χ1v) is 10.5. The van der Waals surface area contributed by atoms with Crippen LogP contribution in [-0.2, 0) is 0 Å². The first-order valence-electron chi connectivity index (χ1n) is 6.19.